The van der Waals surface area contributed by atoms with Crippen LogP contribution >= 0.6 is 0 Å². The molecule has 0 bridgehead atoms. The van der Waals surface area contributed by atoms with Crippen LogP contribution in [0.2, 0.25) is 0 Å². The minimum absolute atomic E-state index is 0.141. The lowest BCUT2D eigenvalue weighted by Crippen LogP contribution is -2.24. The van der Waals surface area contributed by atoms with Crippen molar-refractivity contribution in [2.45, 2.75) is 19.3 Å². The quantitative estimate of drug-likeness (QED) is 0.595. The number of sulfonamides is 1. The smallest absolute Gasteiger partial charge is 0.212 e. The summed E-state index contributed by atoms with van der Waals surface area (Å²) in [6.07, 6.45) is 1.65. The van der Waals surface area contributed by atoms with Gasteiger partial charge in [-0.1, -0.05) is 0 Å². The average molecular weight is 190 g/mol. The van der Waals surface area contributed by atoms with E-state index in [0.29, 0.717) is 19.3 Å². The fourth-order valence-corrected chi connectivity index (χ4v) is 1.61. The molecule has 70 valence electrons. The largest absolute Gasteiger partial charge is 0.213 e. The van der Waals surface area contributed by atoms with Crippen molar-refractivity contribution in [2.24, 2.45) is 0 Å². The SMILES string of the molecule is CN(C)S(=O)(=O)CCCCC#N. The van der Waals surface area contributed by atoms with E-state index in [-0.39, 0.29) is 5.75 Å². The summed E-state index contributed by atoms with van der Waals surface area (Å²) in [5.41, 5.74) is 0. The lowest BCUT2D eigenvalue weighted by molar-refractivity contribution is 0.517. The summed E-state index contributed by atoms with van der Waals surface area (Å²) in [5, 5.41) is 8.20. The highest BCUT2D eigenvalue weighted by Crippen LogP contribution is 2.01. The van der Waals surface area contributed by atoms with E-state index >= 15 is 0 Å². The fourth-order valence-electron chi connectivity index (χ4n) is 0.671. The van der Waals surface area contributed by atoms with E-state index in [9.17, 15) is 8.42 Å². The number of unbranched alkanes of at least 4 members (excludes halogenated alkanes) is 2. The van der Waals surface area contributed by atoms with Crippen molar-refractivity contribution in [1.29, 1.82) is 5.26 Å². The van der Waals surface area contributed by atoms with Gasteiger partial charge >= 0.3 is 0 Å². The summed E-state index contributed by atoms with van der Waals surface area (Å²) in [5.74, 6) is 0.141. The van der Waals surface area contributed by atoms with E-state index in [2.05, 4.69) is 0 Å². The maximum atomic E-state index is 11.1. The van der Waals surface area contributed by atoms with Crippen LogP contribution in [0.3, 0.4) is 0 Å². The van der Waals surface area contributed by atoms with Crippen LogP contribution in [0.5, 0.6) is 0 Å². The molecule has 12 heavy (non-hydrogen) atoms. The molecule has 0 saturated carbocycles. The first-order chi connectivity index (χ1) is 5.50. The van der Waals surface area contributed by atoms with E-state index < -0.39 is 10.0 Å². The molecule has 0 saturated heterocycles. The average Bonchev–Trinajstić information content (AvgIpc) is 1.98. The molecule has 0 aliphatic carbocycles. The predicted molar refractivity (Wildman–Crippen MR) is 46.9 cm³/mol. The van der Waals surface area contributed by atoms with E-state index in [0.717, 1.165) is 0 Å². The number of hydrogen-bond acceptors (Lipinski definition) is 3. The minimum Gasteiger partial charge on any atom is -0.212 e. The van der Waals surface area contributed by atoms with Gasteiger partial charge in [-0.2, -0.15) is 5.26 Å². The summed E-state index contributed by atoms with van der Waals surface area (Å²) < 4.78 is 23.5. The molecule has 0 aromatic heterocycles. The first-order valence-electron chi connectivity index (χ1n) is 3.78. The highest BCUT2D eigenvalue weighted by Gasteiger charge is 2.11. The molecule has 4 nitrogen and oxygen atoms in total. The van der Waals surface area contributed by atoms with Crippen molar-refractivity contribution in [2.75, 3.05) is 19.8 Å². The molecule has 0 spiro atoms. The summed E-state index contributed by atoms with van der Waals surface area (Å²) in [6.45, 7) is 0. The number of rotatable bonds is 5. The van der Waals surface area contributed by atoms with Crippen LogP contribution in [0.1, 0.15) is 19.3 Å². The van der Waals surface area contributed by atoms with Crippen molar-refractivity contribution >= 4 is 10.0 Å². The Morgan fingerprint density at radius 3 is 2.33 bits per heavy atom. The molecule has 0 unspecified atom stereocenters. The normalized spacial score (nSPS) is 11.5. The van der Waals surface area contributed by atoms with Gasteiger partial charge in [0.15, 0.2) is 0 Å². The highest BCUT2D eigenvalue weighted by molar-refractivity contribution is 7.89. The Kier molecular flexibility index (Phi) is 4.86. The molecule has 0 heterocycles. The summed E-state index contributed by atoms with van der Waals surface area (Å²) >= 11 is 0. The third-order valence-corrected chi connectivity index (χ3v) is 3.41. The van der Waals surface area contributed by atoms with Gasteiger partial charge in [-0.05, 0) is 12.8 Å². The molecule has 0 N–H and O–H groups in total. The van der Waals surface area contributed by atoms with Gasteiger partial charge in [0.1, 0.15) is 0 Å². The van der Waals surface area contributed by atoms with Gasteiger partial charge in [-0.25, -0.2) is 12.7 Å². The van der Waals surface area contributed by atoms with E-state index in [1.807, 2.05) is 6.07 Å². The molecule has 0 aromatic rings. The van der Waals surface area contributed by atoms with Crippen LogP contribution < -0.4 is 0 Å². The van der Waals surface area contributed by atoms with Crippen LogP contribution in [0.15, 0.2) is 0 Å². The Balaban J connectivity index is 3.72. The van der Waals surface area contributed by atoms with Crippen LogP contribution in [-0.4, -0.2) is 32.6 Å². The van der Waals surface area contributed by atoms with Crippen molar-refractivity contribution in [3.63, 3.8) is 0 Å². The van der Waals surface area contributed by atoms with Crippen LogP contribution in [0.4, 0.5) is 0 Å². The van der Waals surface area contributed by atoms with Gasteiger partial charge in [0, 0.05) is 20.5 Å². The zero-order chi connectivity index (χ0) is 9.61. The monoisotopic (exact) mass is 190 g/mol. The van der Waals surface area contributed by atoms with Gasteiger partial charge in [0.2, 0.25) is 10.0 Å². The molecule has 0 aliphatic rings. The molecular weight excluding hydrogens is 176 g/mol. The van der Waals surface area contributed by atoms with E-state index in [4.69, 9.17) is 5.26 Å². The zero-order valence-corrected chi connectivity index (χ0v) is 8.26. The molecule has 5 heteroatoms. The molecule has 0 amide bonds. The van der Waals surface area contributed by atoms with E-state index in [1.165, 1.54) is 18.4 Å². The Labute approximate surface area is 73.8 Å². The van der Waals surface area contributed by atoms with Crippen molar-refractivity contribution in [3.8, 4) is 6.07 Å². The molecule has 0 fully saturated rings. The topological polar surface area (TPSA) is 61.2 Å². The molecule has 0 radical (unpaired) electrons. The summed E-state index contributed by atoms with van der Waals surface area (Å²) in [4.78, 5) is 0. The van der Waals surface area contributed by atoms with Crippen LogP contribution in [-0.2, 0) is 10.0 Å². The van der Waals surface area contributed by atoms with Gasteiger partial charge in [-0.15, -0.1) is 0 Å². The summed E-state index contributed by atoms with van der Waals surface area (Å²) in [7, 11) is -0.0277. The maximum Gasteiger partial charge on any atom is 0.213 e. The molecule has 0 rings (SSSR count). The molecular formula is C7H14N2O2S. The van der Waals surface area contributed by atoms with Crippen molar-refractivity contribution < 1.29 is 8.42 Å². The fraction of sp³-hybridized carbons (Fsp3) is 0.857. The number of hydrogen-bond donors (Lipinski definition) is 0. The molecule has 0 aliphatic heterocycles. The predicted octanol–water partition coefficient (Wildman–Crippen LogP) is 0.572. The Morgan fingerprint density at radius 2 is 1.92 bits per heavy atom. The standard InChI is InChI=1S/C7H14N2O2S/c1-9(2)12(10,11)7-5-3-4-6-8/h3-5,7H2,1-2H3. The van der Waals surface area contributed by atoms with E-state index in [1.54, 1.807) is 0 Å². The Morgan fingerprint density at radius 1 is 1.33 bits per heavy atom. The van der Waals surface area contributed by atoms with Gasteiger partial charge in [0.05, 0.1) is 11.8 Å². The molecule has 0 aromatic carbocycles. The number of nitriles is 1. The second kappa shape index (κ2) is 5.12. The zero-order valence-electron chi connectivity index (χ0n) is 7.45. The van der Waals surface area contributed by atoms with Crippen molar-refractivity contribution in [3.05, 3.63) is 0 Å². The Hall–Kier alpha value is -0.600. The van der Waals surface area contributed by atoms with Crippen LogP contribution in [0.25, 0.3) is 0 Å². The van der Waals surface area contributed by atoms with Gasteiger partial charge in [0.25, 0.3) is 0 Å². The first kappa shape index (κ1) is 11.4. The molecule has 0 atom stereocenters. The lowest BCUT2D eigenvalue weighted by atomic mass is 10.3. The third-order valence-electron chi connectivity index (χ3n) is 1.50. The maximum absolute atomic E-state index is 11.1. The van der Waals surface area contributed by atoms with Gasteiger partial charge in [-0.3, -0.25) is 0 Å². The minimum atomic E-state index is -3.05. The number of nitrogens with zero attached hydrogens (tertiary/aromatic N) is 2. The summed E-state index contributed by atoms with van der Waals surface area (Å²) in [6, 6.07) is 1.97. The first-order valence-corrected chi connectivity index (χ1v) is 5.39. The second-order valence-electron chi connectivity index (χ2n) is 2.71. The van der Waals surface area contributed by atoms with Gasteiger partial charge < -0.3 is 0 Å². The van der Waals surface area contributed by atoms with Crippen molar-refractivity contribution in [1.82, 2.24) is 4.31 Å². The third kappa shape index (κ3) is 4.31. The highest BCUT2D eigenvalue weighted by atomic mass is 32.2. The Bertz CT molecular complexity index is 251. The second-order valence-corrected chi connectivity index (χ2v) is 5.02. The van der Waals surface area contributed by atoms with Crippen LogP contribution in [0, 0.1) is 11.3 Å². The lowest BCUT2D eigenvalue weighted by Gasteiger charge is -2.09.